The van der Waals surface area contributed by atoms with Crippen LogP contribution in [0.15, 0.2) is 36.4 Å². The van der Waals surface area contributed by atoms with Crippen molar-refractivity contribution in [1.82, 2.24) is 0 Å². The molecular formula is C15H16O5. The van der Waals surface area contributed by atoms with Gasteiger partial charge in [-0.2, -0.15) is 0 Å². The van der Waals surface area contributed by atoms with Crippen LogP contribution in [0.5, 0.6) is 5.75 Å². The average molecular weight is 276 g/mol. The van der Waals surface area contributed by atoms with Crippen LogP contribution in [-0.4, -0.2) is 27.3 Å². The van der Waals surface area contributed by atoms with Gasteiger partial charge < -0.3 is 15.3 Å². The van der Waals surface area contributed by atoms with E-state index in [0.717, 1.165) is 0 Å². The van der Waals surface area contributed by atoms with Crippen molar-refractivity contribution >= 4 is 11.9 Å². The molecular weight excluding hydrogens is 260 g/mol. The normalized spacial score (nSPS) is 29.1. The SMILES string of the molecule is CC1(C(=O)O)C=CCC(C(=O)O)(c2cccc(O)c2)C1. The molecule has 0 aromatic heterocycles. The monoisotopic (exact) mass is 276 g/mol. The summed E-state index contributed by atoms with van der Waals surface area (Å²) in [5.74, 6) is -2.17. The predicted molar refractivity (Wildman–Crippen MR) is 71.5 cm³/mol. The van der Waals surface area contributed by atoms with Crippen LogP contribution >= 0.6 is 0 Å². The Balaban J connectivity index is 2.56. The second kappa shape index (κ2) is 4.67. The number of rotatable bonds is 3. The minimum atomic E-state index is -1.33. The quantitative estimate of drug-likeness (QED) is 0.735. The third-order valence-corrected chi connectivity index (χ3v) is 3.92. The van der Waals surface area contributed by atoms with Crippen LogP contribution in [0.3, 0.4) is 0 Å². The summed E-state index contributed by atoms with van der Waals surface area (Å²) in [6.45, 7) is 1.51. The van der Waals surface area contributed by atoms with Crippen LogP contribution in [0.4, 0.5) is 0 Å². The first-order valence-electron chi connectivity index (χ1n) is 6.24. The summed E-state index contributed by atoms with van der Waals surface area (Å²) in [4.78, 5) is 23.2. The number of benzene rings is 1. The molecule has 3 N–H and O–H groups in total. The van der Waals surface area contributed by atoms with Crippen LogP contribution < -0.4 is 0 Å². The Morgan fingerprint density at radius 3 is 2.45 bits per heavy atom. The van der Waals surface area contributed by atoms with Gasteiger partial charge in [-0.1, -0.05) is 24.3 Å². The van der Waals surface area contributed by atoms with E-state index in [1.165, 1.54) is 19.1 Å². The van der Waals surface area contributed by atoms with Gasteiger partial charge in [-0.05, 0) is 37.5 Å². The fourth-order valence-corrected chi connectivity index (χ4v) is 2.74. The Kier molecular flexibility index (Phi) is 3.29. The van der Waals surface area contributed by atoms with Gasteiger partial charge in [0, 0.05) is 0 Å². The molecule has 2 atom stereocenters. The standard InChI is InChI=1S/C15H16O5/c1-14(12(17)18)6-3-7-15(9-14,13(19)20)10-4-2-5-11(16)8-10/h2-6,8,16H,7,9H2,1H3,(H,17,18)(H,19,20). The third kappa shape index (κ3) is 2.15. The third-order valence-electron chi connectivity index (χ3n) is 3.92. The van der Waals surface area contributed by atoms with Gasteiger partial charge in [0.1, 0.15) is 5.75 Å². The molecule has 0 heterocycles. The van der Waals surface area contributed by atoms with Gasteiger partial charge in [-0.15, -0.1) is 0 Å². The highest BCUT2D eigenvalue weighted by molar-refractivity contribution is 5.85. The topological polar surface area (TPSA) is 94.8 Å². The number of allylic oxidation sites excluding steroid dienone is 1. The van der Waals surface area contributed by atoms with Gasteiger partial charge in [-0.3, -0.25) is 9.59 Å². The first-order valence-corrected chi connectivity index (χ1v) is 6.24. The molecule has 2 rings (SSSR count). The Morgan fingerprint density at radius 1 is 1.20 bits per heavy atom. The summed E-state index contributed by atoms with van der Waals surface area (Å²) < 4.78 is 0. The molecule has 5 heteroatoms. The molecule has 0 aliphatic heterocycles. The maximum absolute atomic E-state index is 11.8. The van der Waals surface area contributed by atoms with Gasteiger partial charge >= 0.3 is 11.9 Å². The van der Waals surface area contributed by atoms with Crippen molar-refractivity contribution in [2.45, 2.75) is 25.2 Å². The highest BCUT2D eigenvalue weighted by Gasteiger charge is 2.49. The van der Waals surface area contributed by atoms with Gasteiger partial charge in [0.05, 0.1) is 10.8 Å². The number of hydrogen-bond donors (Lipinski definition) is 3. The van der Waals surface area contributed by atoms with E-state index in [4.69, 9.17) is 0 Å². The van der Waals surface area contributed by atoms with Crippen molar-refractivity contribution in [3.05, 3.63) is 42.0 Å². The molecule has 0 amide bonds. The molecule has 1 aromatic carbocycles. The smallest absolute Gasteiger partial charge is 0.314 e. The molecule has 0 fully saturated rings. The number of phenolic OH excluding ortho intramolecular Hbond substituents is 1. The van der Waals surface area contributed by atoms with E-state index in [1.807, 2.05) is 0 Å². The van der Waals surface area contributed by atoms with E-state index in [0.29, 0.717) is 5.56 Å². The van der Waals surface area contributed by atoms with Gasteiger partial charge in [-0.25, -0.2) is 0 Å². The number of aromatic hydroxyl groups is 1. The Bertz CT molecular complexity index is 592. The molecule has 0 saturated carbocycles. The lowest BCUT2D eigenvalue weighted by atomic mass is 9.63. The summed E-state index contributed by atoms with van der Waals surface area (Å²) in [5.41, 5.74) is -2.15. The number of hydrogen-bond acceptors (Lipinski definition) is 3. The van der Waals surface area contributed by atoms with E-state index in [1.54, 1.807) is 24.3 Å². The minimum Gasteiger partial charge on any atom is -0.508 e. The fourth-order valence-electron chi connectivity index (χ4n) is 2.74. The van der Waals surface area contributed by atoms with E-state index < -0.39 is 22.8 Å². The van der Waals surface area contributed by atoms with Crippen LogP contribution in [0.25, 0.3) is 0 Å². The van der Waals surface area contributed by atoms with Gasteiger partial charge in [0.15, 0.2) is 0 Å². The van der Waals surface area contributed by atoms with Crippen molar-refractivity contribution in [3.8, 4) is 5.75 Å². The van der Waals surface area contributed by atoms with E-state index >= 15 is 0 Å². The summed E-state index contributed by atoms with van der Waals surface area (Å²) in [6, 6.07) is 6.00. The van der Waals surface area contributed by atoms with E-state index in [-0.39, 0.29) is 18.6 Å². The van der Waals surface area contributed by atoms with Crippen molar-refractivity contribution in [1.29, 1.82) is 0 Å². The Morgan fingerprint density at radius 2 is 1.90 bits per heavy atom. The summed E-state index contributed by atoms with van der Waals surface area (Å²) in [5, 5.41) is 28.5. The van der Waals surface area contributed by atoms with Crippen LogP contribution in [0.1, 0.15) is 25.3 Å². The maximum atomic E-state index is 11.8. The van der Waals surface area contributed by atoms with Crippen molar-refractivity contribution in [2.75, 3.05) is 0 Å². The number of carboxylic acids is 2. The fraction of sp³-hybridized carbons (Fsp3) is 0.333. The number of phenols is 1. The zero-order valence-electron chi connectivity index (χ0n) is 11.0. The lowest BCUT2D eigenvalue weighted by molar-refractivity contribution is -0.151. The summed E-state index contributed by atoms with van der Waals surface area (Å²) in [6.07, 6.45) is 3.29. The highest BCUT2D eigenvalue weighted by atomic mass is 16.4. The second-order valence-corrected chi connectivity index (χ2v) is 5.44. The van der Waals surface area contributed by atoms with Gasteiger partial charge in [0.25, 0.3) is 0 Å². The number of carboxylic acid groups (broad SMARTS) is 2. The van der Waals surface area contributed by atoms with Crippen molar-refractivity contribution < 1.29 is 24.9 Å². The van der Waals surface area contributed by atoms with Crippen LogP contribution in [-0.2, 0) is 15.0 Å². The lowest BCUT2D eigenvalue weighted by Gasteiger charge is -2.38. The minimum absolute atomic E-state index is 0.0327. The number of carbonyl (C=O) groups is 2. The summed E-state index contributed by atoms with van der Waals surface area (Å²) in [7, 11) is 0. The molecule has 5 nitrogen and oxygen atoms in total. The Hall–Kier alpha value is -2.30. The molecule has 1 aliphatic carbocycles. The first kappa shape index (κ1) is 14.1. The number of aliphatic carboxylic acids is 2. The molecule has 0 bridgehead atoms. The lowest BCUT2D eigenvalue weighted by Crippen LogP contribution is -2.44. The maximum Gasteiger partial charge on any atom is 0.314 e. The zero-order valence-corrected chi connectivity index (χ0v) is 11.0. The average Bonchev–Trinajstić information content (AvgIpc) is 2.38. The molecule has 1 aliphatic rings. The van der Waals surface area contributed by atoms with Crippen LogP contribution in [0, 0.1) is 5.41 Å². The molecule has 2 unspecified atom stereocenters. The Labute approximate surface area is 116 Å². The second-order valence-electron chi connectivity index (χ2n) is 5.44. The van der Waals surface area contributed by atoms with E-state index in [9.17, 15) is 24.9 Å². The highest BCUT2D eigenvalue weighted by Crippen LogP contribution is 2.45. The molecule has 0 spiro atoms. The molecule has 1 aromatic rings. The summed E-state index contributed by atoms with van der Waals surface area (Å²) >= 11 is 0. The molecule has 106 valence electrons. The van der Waals surface area contributed by atoms with E-state index in [2.05, 4.69) is 0 Å². The molecule has 0 radical (unpaired) electrons. The molecule has 20 heavy (non-hydrogen) atoms. The van der Waals surface area contributed by atoms with Crippen LogP contribution in [0.2, 0.25) is 0 Å². The van der Waals surface area contributed by atoms with Gasteiger partial charge in [0.2, 0.25) is 0 Å². The molecule has 0 saturated heterocycles. The van der Waals surface area contributed by atoms with Crippen molar-refractivity contribution in [3.63, 3.8) is 0 Å². The van der Waals surface area contributed by atoms with Crippen molar-refractivity contribution in [2.24, 2.45) is 5.41 Å². The first-order chi connectivity index (χ1) is 9.30. The predicted octanol–water partition coefficient (Wildman–Crippen LogP) is 2.16. The zero-order chi connectivity index (χ0) is 15.0. The largest absolute Gasteiger partial charge is 0.508 e.